The number of halogens is 1. The standard InChI is InChI=1S/C18H25FN2O2/c1-3-16(4-2)20-17(22)13-8-10-21(11-9-13)18(23)14-6-5-7-15(19)12-14/h5-7,12-13,16H,3-4,8-11H2,1-2H3,(H,20,22). The fraction of sp³-hybridized carbons (Fsp3) is 0.556. The molecule has 1 aromatic rings. The van der Waals surface area contributed by atoms with Gasteiger partial charge in [-0.2, -0.15) is 0 Å². The Morgan fingerprint density at radius 1 is 1.26 bits per heavy atom. The molecule has 1 aliphatic heterocycles. The fourth-order valence-corrected chi connectivity index (χ4v) is 2.96. The maximum atomic E-state index is 13.2. The summed E-state index contributed by atoms with van der Waals surface area (Å²) in [5.41, 5.74) is 0.366. The highest BCUT2D eigenvalue weighted by Crippen LogP contribution is 2.20. The van der Waals surface area contributed by atoms with Crippen LogP contribution in [0.15, 0.2) is 24.3 Å². The van der Waals surface area contributed by atoms with Crippen molar-refractivity contribution in [3.8, 4) is 0 Å². The average Bonchev–Trinajstić information content (AvgIpc) is 2.59. The van der Waals surface area contributed by atoms with Gasteiger partial charge in [0.2, 0.25) is 5.91 Å². The third-order valence-electron chi connectivity index (χ3n) is 4.56. The summed E-state index contributed by atoms with van der Waals surface area (Å²) in [6, 6.07) is 5.98. The first kappa shape index (κ1) is 17.4. The first-order valence-corrected chi connectivity index (χ1v) is 8.40. The van der Waals surface area contributed by atoms with Crippen LogP contribution in [0.25, 0.3) is 0 Å². The monoisotopic (exact) mass is 320 g/mol. The van der Waals surface area contributed by atoms with Crippen molar-refractivity contribution in [2.75, 3.05) is 13.1 Å². The number of amides is 2. The van der Waals surface area contributed by atoms with E-state index < -0.39 is 5.82 Å². The smallest absolute Gasteiger partial charge is 0.253 e. The Bertz CT molecular complexity index is 550. The number of nitrogens with zero attached hydrogens (tertiary/aromatic N) is 1. The number of rotatable bonds is 5. The molecule has 2 amide bonds. The van der Waals surface area contributed by atoms with Crippen molar-refractivity contribution in [2.24, 2.45) is 5.92 Å². The maximum absolute atomic E-state index is 13.2. The summed E-state index contributed by atoms with van der Waals surface area (Å²) in [5.74, 6) is -0.512. The molecule has 0 aliphatic carbocycles. The molecule has 0 saturated carbocycles. The van der Waals surface area contributed by atoms with Crippen LogP contribution >= 0.6 is 0 Å². The highest BCUT2D eigenvalue weighted by molar-refractivity contribution is 5.94. The van der Waals surface area contributed by atoms with E-state index in [2.05, 4.69) is 19.2 Å². The molecule has 0 bridgehead atoms. The Kier molecular flexibility index (Phi) is 6.13. The van der Waals surface area contributed by atoms with Crippen molar-refractivity contribution in [1.29, 1.82) is 0 Å². The summed E-state index contributed by atoms with van der Waals surface area (Å²) in [6.07, 6.45) is 3.18. The SMILES string of the molecule is CCC(CC)NC(=O)C1CCN(C(=O)c2cccc(F)c2)CC1. The van der Waals surface area contributed by atoms with E-state index in [1.54, 1.807) is 17.0 Å². The Hall–Kier alpha value is -1.91. The number of nitrogens with one attached hydrogen (secondary N) is 1. The molecule has 23 heavy (non-hydrogen) atoms. The third kappa shape index (κ3) is 4.53. The van der Waals surface area contributed by atoms with Gasteiger partial charge in [-0.15, -0.1) is 0 Å². The Labute approximate surface area is 137 Å². The minimum absolute atomic E-state index is 0.0350. The lowest BCUT2D eigenvalue weighted by atomic mass is 9.94. The molecule has 0 atom stereocenters. The first-order chi connectivity index (χ1) is 11.0. The molecule has 4 nitrogen and oxygen atoms in total. The predicted octanol–water partition coefficient (Wildman–Crippen LogP) is 2.98. The number of hydrogen-bond donors (Lipinski definition) is 1. The predicted molar refractivity (Wildman–Crippen MR) is 87.5 cm³/mol. The second-order valence-corrected chi connectivity index (χ2v) is 6.10. The van der Waals surface area contributed by atoms with Crippen LogP contribution in [0, 0.1) is 11.7 Å². The van der Waals surface area contributed by atoms with Crippen LogP contribution in [-0.4, -0.2) is 35.8 Å². The third-order valence-corrected chi connectivity index (χ3v) is 4.56. The van der Waals surface area contributed by atoms with E-state index in [4.69, 9.17) is 0 Å². The van der Waals surface area contributed by atoms with Crippen LogP contribution < -0.4 is 5.32 Å². The van der Waals surface area contributed by atoms with Gasteiger partial charge in [0.1, 0.15) is 5.82 Å². The quantitative estimate of drug-likeness (QED) is 0.907. The van der Waals surface area contributed by atoms with Crippen LogP contribution in [0.3, 0.4) is 0 Å². The van der Waals surface area contributed by atoms with Gasteiger partial charge in [0.25, 0.3) is 5.91 Å². The summed E-state index contributed by atoms with van der Waals surface area (Å²) >= 11 is 0. The molecule has 1 saturated heterocycles. The average molecular weight is 320 g/mol. The molecule has 1 fully saturated rings. The van der Waals surface area contributed by atoms with Crippen molar-refractivity contribution >= 4 is 11.8 Å². The minimum atomic E-state index is -0.407. The van der Waals surface area contributed by atoms with Gasteiger partial charge in [-0.1, -0.05) is 19.9 Å². The summed E-state index contributed by atoms with van der Waals surface area (Å²) in [4.78, 5) is 26.3. The van der Waals surface area contributed by atoms with E-state index >= 15 is 0 Å². The summed E-state index contributed by atoms with van der Waals surface area (Å²) in [6.45, 7) is 5.20. The van der Waals surface area contributed by atoms with E-state index in [9.17, 15) is 14.0 Å². The Balaban J connectivity index is 1.88. The largest absolute Gasteiger partial charge is 0.353 e. The topological polar surface area (TPSA) is 49.4 Å². The number of piperidine rings is 1. The second kappa shape index (κ2) is 8.09. The van der Waals surface area contributed by atoms with Gasteiger partial charge >= 0.3 is 0 Å². The zero-order chi connectivity index (χ0) is 16.8. The van der Waals surface area contributed by atoms with Crippen LogP contribution in [0.2, 0.25) is 0 Å². The van der Waals surface area contributed by atoms with E-state index in [-0.39, 0.29) is 23.8 Å². The lowest BCUT2D eigenvalue weighted by Crippen LogP contribution is -2.45. The molecule has 1 aromatic carbocycles. The molecule has 1 heterocycles. The molecule has 2 rings (SSSR count). The van der Waals surface area contributed by atoms with Gasteiger partial charge in [0.15, 0.2) is 0 Å². The maximum Gasteiger partial charge on any atom is 0.253 e. The second-order valence-electron chi connectivity index (χ2n) is 6.10. The number of hydrogen-bond acceptors (Lipinski definition) is 2. The molecule has 5 heteroatoms. The molecule has 1 N–H and O–H groups in total. The highest BCUT2D eigenvalue weighted by Gasteiger charge is 2.28. The van der Waals surface area contributed by atoms with Crippen LogP contribution in [0.4, 0.5) is 4.39 Å². The molecular formula is C18H25FN2O2. The van der Waals surface area contributed by atoms with Gasteiger partial charge in [0.05, 0.1) is 0 Å². The van der Waals surface area contributed by atoms with Crippen molar-refractivity contribution in [3.05, 3.63) is 35.6 Å². The summed E-state index contributed by atoms with van der Waals surface area (Å²) < 4.78 is 13.2. The van der Waals surface area contributed by atoms with Gasteiger partial charge in [-0.05, 0) is 43.9 Å². The van der Waals surface area contributed by atoms with E-state index in [1.807, 2.05) is 0 Å². The molecule has 1 aliphatic rings. The number of likely N-dealkylation sites (tertiary alicyclic amines) is 1. The van der Waals surface area contributed by atoms with Crippen molar-refractivity contribution in [2.45, 2.75) is 45.6 Å². The van der Waals surface area contributed by atoms with Crippen LogP contribution in [0.1, 0.15) is 49.9 Å². The highest BCUT2D eigenvalue weighted by atomic mass is 19.1. The molecule has 126 valence electrons. The molecule has 0 unspecified atom stereocenters. The molecular weight excluding hydrogens is 295 g/mol. The van der Waals surface area contributed by atoms with Crippen LogP contribution in [-0.2, 0) is 4.79 Å². The minimum Gasteiger partial charge on any atom is -0.353 e. The van der Waals surface area contributed by atoms with Gasteiger partial charge in [-0.3, -0.25) is 9.59 Å². The normalized spacial score (nSPS) is 15.7. The van der Waals surface area contributed by atoms with Crippen molar-refractivity contribution < 1.29 is 14.0 Å². The van der Waals surface area contributed by atoms with Gasteiger partial charge < -0.3 is 10.2 Å². The first-order valence-electron chi connectivity index (χ1n) is 8.40. The number of benzene rings is 1. The Morgan fingerprint density at radius 2 is 1.91 bits per heavy atom. The van der Waals surface area contributed by atoms with Crippen LogP contribution in [0.5, 0.6) is 0 Å². The molecule has 0 radical (unpaired) electrons. The fourth-order valence-electron chi connectivity index (χ4n) is 2.96. The summed E-state index contributed by atoms with van der Waals surface area (Å²) in [5, 5.41) is 3.08. The lowest BCUT2D eigenvalue weighted by Gasteiger charge is -2.32. The molecule has 0 aromatic heterocycles. The zero-order valence-corrected chi connectivity index (χ0v) is 13.8. The van der Waals surface area contributed by atoms with E-state index in [0.717, 1.165) is 12.8 Å². The van der Waals surface area contributed by atoms with E-state index in [0.29, 0.717) is 31.5 Å². The van der Waals surface area contributed by atoms with Crippen molar-refractivity contribution in [1.82, 2.24) is 10.2 Å². The summed E-state index contributed by atoms with van der Waals surface area (Å²) in [7, 11) is 0. The Morgan fingerprint density at radius 3 is 2.48 bits per heavy atom. The molecule has 0 spiro atoms. The van der Waals surface area contributed by atoms with Gasteiger partial charge in [-0.25, -0.2) is 4.39 Å². The zero-order valence-electron chi connectivity index (χ0n) is 13.8. The van der Waals surface area contributed by atoms with Gasteiger partial charge in [0, 0.05) is 30.6 Å². The number of carbonyl (C=O) groups excluding carboxylic acids is 2. The lowest BCUT2D eigenvalue weighted by molar-refractivity contribution is -0.127. The number of carbonyl (C=O) groups is 2. The van der Waals surface area contributed by atoms with E-state index in [1.165, 1.54) is 12.1 Å². The van der Waals surface area contributed by atoms with Crippen molar-refractivity contribution in [3.63, 3.8) is 0 Å².